The van der Waals surface area contributed by atoms with Gasteiger partial charge in [-0.05, 0) is 0 Å². The van der Waals surface area contributed by atoms with E-state index in [0.29, 0.717) is 11.5 Å². The minimum atomic E-state index is 0.123. The van der Waals surface area contributed by atoms with E-state index >= 15 is 0 Å². The number of hydrogen-bond donors (Lipinski definition) is 2. The first-order valence-corrected chi connectivity index (χ1v) is 3.66. The highest BCUT2D eigenvalue weighted by molar-refractivity contribution is 6.32. The van der Waals surface area contributed by atoms with E-state index < -0.39 is 0 Å². The van der Waals surface area contributed by atoms with Crippen LogP contribution in [0.5, 0.6) is 0 Å². The molecular formula is C6H10ClN5. The molecule has 0 saturated carbocycles. The van der Waals surface area contributed by atoms with Crippen molar-refractivity contribution < 1.29 is 0 Å². The van der Waals surface area contributed by atoms with Crippen molar-refractivity contribution in [3.63, 3.8) is 0 Å². The molecule has 6 heteroatoms. The molecule has 1 aromatic rings. The summed E-state index contributed by atoms with van der Waals surface area (Å²) in [5.74, 6) is 0.658. The van der Waals surface area contributed by atoms with Crippen molar-refractivity contribution in [3.05, 3.63) is 5.15 Å². The molecule has 0 bridgehead atoms. The SMILES string of the molecule is CN(C)c1nc(N)nc(Cl)c1N. The van der Waals surface area contributed by atoms with Crippen LogP contribution in [0.3, 0.4) is 0 Å². The van der Waals surface area contributed by atoms with Gasteiger partial charge < -0.3 is 16.4 Å². The number of rotatable bonds is 1. The van der Waals surface area contributed by atoms with Crippen LogP contribution >= 0.6 is 11.6 Å². The highest BCUT2D eigenvalue weighted by atomic mass is 35.5. The summed E-state index contributed by atoms with van der Waals surface area (Å²) in [7, 11) is 3.60. The van der Waals surface area contributed by atoms with Gasteiger partial charge in [-0.25, -0.2) is 0 Å². The molecule has 0 amide bonds. The summed E-state index contributed by atoms with van der Waals surface area (Å²) >= 11 is 5.68. The van der Waals surface area contributed by atoms with Crippen LogP contribution in [0.4, 0.5) is 17.5 Å². The summed E-state index contributed by atoms with van der Waals surface area (Å²) in [5.41, 5.74) is 11.3. The summed E-state index contributed by atoms with van der Waals surface area (Å²) in [6.45, 7) is 0. The molecular weight excluding hydrogens is 178 g/mol. The average Bonchev–Trinajstić information content (AvgIpc) is 1.96. The van der Waals surface area contributed by atoms with Crippen molar-refractivity contribution in [2.45, 2.75) is 0 Å². The maximum absolute atomic E-state index is 5.68. The minimum absolute atomic E-state index is 0.123. The summed E-state index contributed by atoms with van der Waals surface area (Å²) in [4.78, 5) is 9.33. The Morgan fingerprint density at radius 3 is 2.33 bits per heavy atom. The second-order valence-electron chi connectivity index (χ2n) is 2.50. The maximum atomic E-state index is 5.68. The van der Waals surface area contributed by atoms with Gasteiger partial charge in [-0.3, -0.25) is 0 Å². The Morgan fingerprint density at radius 1 is 1.25 bits per heavy atom. The molecule has 5 nitrogen and oxygen atoms in total. The summed E-state index contributed by atoms with van der Waals surface area (Å²) in [5, 5.41) is 0.186. The van der Waals surface area contributed by atoms with Crippen LogP contribution in [0.2, 0.25) is 5.15 Å². The maximum Gasteiger partial charge on any atom is 0.223 e. The van der Waals surface area contributed by atoms with Crippen LogP contribution in [0.15, 0.2) is 0 Å². The van der Waals surface area contributed by atoms with Gasteiger partial charge in [-0.15, -0.1) is 0 Å². The molecule has 0 spiro atoms. The lowest BCUT2D eigenvalue weighted by Gasteiger charge is -2.14. The fourth-order valence-corrected chi connectivity index (χ4v) is 0.959. The predicted molar refractivity (Wildman–Crippen MR) is 50.2 cm³/mol. The normalized spacial score (nSPS) is 9.92. The van der Waals surface area contributed by atoms with E-state index in [-0.39, 0.29) is 11.1 Å². The van der Waals surface area contributed by atoms with E-state index in [9.17, 15) is 0 Å². The molecule has 1 aromatic heterocycles. The Kier molecular flexibility index (Phi) is 2.23. The van der Waals surface area contributed by atoms with E-state index in [1.807, 2.05) is 0 Å². The lowest BCUT2D eigenvalue weighted by Crippen LogP contribution is -2.15. The molecule has 0 fully saturated rings. The zero-order valence-electron chi connectivity index (χ0n) is 6.87. The van der Waals surface area contributed by atoms with Crippen molar-refractivity contribution in [2.24, 2.45) is 0 Å². The number of aromatic nitrogens is 2. The Hall–Kier alpha value is -1.23. The molecule has 1 heterocycles. The first-order valence-electron chi connectivity index (χ1n) is 3.28. The first kappa shape index (κ1) is 8.86. The van der Waals surface area contributed by atoms with Gasteiger partial charge >= 0.3 is 0 Å². The highest BCUT2D eigenvalue weighted by Gasteiger charge is 2.09. The third-order valence-electron chi connectivity index (χ3n) is 1.32. The Morgan fingerprint density at radius 2 is 1.83 bits per heavy atom. The quantitative estimate of drug-likeness (QED) is 0.621. The van der Waals surface area contributed by atoms with E-state index in [2.05, 4.69) is 9.97 Å². The molecule has 4 N–H and O–H groups in total. The van der Waals surface area contributed by atoms with E-state index in [1.165, 1.54) is 0 Å². The molecule has 0 aromatic carbocycles. The molecule has 0 saturated heterocycles. The zero-order chi connectivity index (χ0) is 9.30. The van der Waals surface area contributed by atoms with Gasteiger partial charge in [0.2, 0.25) is 5.95 Å². The third kappa shape index (κ3) is 1.50. The van der Waals surface area contributed by atoms with Gasteiger partial charge in [0.1, 0.15) is 5.69 Å². The van der Waals surface area contributed by atoms with Crippen LogP contribution in [-0.4, -0.2) is 24.1 Å². The Bertz CT molecular complexity index is 298. The molecule has 0 radical (unpaired) electrons. The largest absolute Gasteiger partial charge is 0.393 e. The topological polar surface area (TPSA) is 81.1 Å². The predicted octanol–water partition coefficient (Wildman–Crippen LogP) is 0.360. The molecule has 0 aliphatic heterocycles. The lowest BCUT2D eigenvalue weighted by atomic mass is 10.4. The standard InChI is InChI=1S/C6H10ClN5/c1-12(2)5-3(8)4(7)10-6(9)11-5/h8H2,1-2H3,(H2,9,10,11). The number of nitrogens with two attached hydrogens (primary N) is 2. The van der Waals surface area contributed by atoms with E-state index in [0.717, 1.165) is 0 Å². The van der Waals surface area contributed by atoms with E-state index in [1.54, 1.807) is 19.0 Å². The zero-order valence-corrected chi connectivity index (χ0v) is 7.63. The number of anilines is 3. The lowest BCUT2D eigenvalue weighted by molar-refractivity contribution is 1.05. The fraction of sp³-hybridized carbons (Fsp3) is 0.333. The third-order valence-corrected chi connectivity index (χ3v) is 1.61. The van der Waals surface area contributed by atoms with Crippen molar-refractivity contribution in [1.82, 2.24) is 9.97 Å². The van der Waals surface area contributed by atoms with Crippen LogP contribution in [0.25, 0.3) is 0 Å². The average molecular weight is 188 g/mol. The summed E-state index contributed by atoms with van der Waals surface area (Å²) in [6.07, 6.45) is 0. The smallest absolute Gasteiger partial charge is 0.223 e. The van der Waals surface area contributed by atoms with Gasteiger partial charge in [-0.2, -0.15) is 9.97 Å². The minimum Gasteiger partial charge on any atom is -0.393 e. The van der Waals surface area contributed by atoms with Gasteiger partial charge in [-0.1, -0.05) is 11.6 Å². The molecule has 0 aliphatic rings. The molecule has 0 aliphatic carbocycles. The Labute approximate surface area is 75.3 Å². The molecule has 0 unspecified atom stereocenters. The summed E-state index contributed by atoms with van der Waals surface area (Å²) in [6, 6.07) is 0. The van der Waals surface area contributed by atoms with E-state index in [4.69, 9.17) is 23.1 Å². The molecule has 12 heavy (non-hydrogen) atoms. The van der Waals surface area contributed by atoms with Gasteiger partial charge in [0.05, 0.1) is 0 Å². The molecule has 1 rings (SSSR count). The second-order valence-corrected chi connectivity index (χ2v) is 2.86. The van der Waals surface area contributed by atoms with Crippen molar-refractivity contribution >= 4 is 29.1 Å². The Balaban J connectivity index is 3.28. The second kappa shape index (κ2) is 3.02. The monoisotopic (exact) mass is 187 g/mol. The fourth-order valence-electron chi connectivity index (χ4n) is 0.788. The van der Waals surface area contributed by atoms with Gasteiger partial charge in [0, 0.05) is 14.1 Å². The van der Waals surface area contributed by atoms with Crippen LogP contribution < -0.4 is 16.4 Å². The van der Waals surface area contributed by atoms with Crippen molar-refractivity contribution in [2.75, 3.05) is 30.5 Å². The van der Waals surface area contributed by atoms with Gasteiger partial charge in [0.15, 0.2) is 11.0 Å². The number of hydrogen-bond acceptors (Lipinski definition) is 5. The van der Waals surface area contributed by atoms with Crippen molar-refractivity contribution in [1.29, 1.82) is 0 Å². The van der Waals surface area contributed by atoms with Crippen LogP contribution in [-0.2, 0) is 0 Å². The first-order chi connectivity index (χ1) is 5.52. The van der Waals surface area contributed by atoms with Gasteiger partial charge in [0.25, 0.3) is 0 Å². The van der Waals surface area contributed by atoms with Crippen LogP contribution in [0, 0.1) is 0 Å². The summed E-state index contributed by atoms with van der Waals surface area (Å²) < 4.78 is 0. The number of nitrogens with zero attached hydrogens (tertiary/aromatic N) is 3. The van der Waals surface area contributed by atoms with Crippen LogP contribution in [0.1, 0.15) is 0 Å². The highest BCUT2D eigenvalue weighted by Crippen LogP contribution is 2.25. The number of nitrogen functional groups attached to an aromatic ring is 2. The van der Waals surface area contributed by atoms with Crippen molar-refractivity contribution in [3.8, 4) is 0 Å². The molecule has 66 valence electrons. The molecule has 0 atom stereocenters. The number of halogens is 1.